The van der Waals surface area contributed by atoms with Crippen LogP contribution in [-0.4, -0.2) is 38.6 Å². The number of halogens is 1. The van der Waals surface area contributed by atoms with Crippen LogP contribution in [-0.2, 0) is 22.6 Å². The molecule has 0 saturated heterocycles. The summed E-state index contributed by atoms with van der Waals surface area (Å²) in [5.74, 6) is 0.0646. The van der Waals surface area contributed by atoms with Crippen LogP contribution >= 0.6 is 11.6 Å². The second-order valence-electron chi connectivity index (χ2n) is 6.80. The average Bonchev–Trinajstić information content (AvgIpc) is 3.17. The van der Waals surface area contributed by atoms with Crippen LogP contribution in [0.2, 0.25) is 5.02 Å². The van der Waals surface area contributed by atoms with E-state index in [4.69, 9.17) is 11.6 Å². The fourth-order valence-electron chi connectivity index (χ4n) is 3.37. The Balaban J connectivity index is 1.50. The standard InChI is InChI=1S/C20H19ClN6O2/c1-13(28)22-17-9-8-15(11-16(17)21)20-23-25-27(24-20)12-19(29)26-10-4-6-14-5-2-3-7-18(14)26/h2-3,5,7-9,11H,4,6,10,12H2,1H3,(H,22,28). The average molecular weight is 411 g/mol. The van der Waals surface area contributed by atoms with Gasteiger partial charge in [0.05, 0.1) is 10.7 Å². The zero-order chi connectivity index (χ0) is 20.4. The number of carbonyl (C=O) groups is 2. The van der Waals surface area contributed by atoms with E-state index >= 15 is 0 Å². The summed E-state index contributed by atoms with van der Waals surface area (Å²) in [5, 5.41) is 15.3. The minimum Gasteiger partial charge on any atom is -0.325 e. The number of benzene rings is 2. The van der Waals surface area contributed by atoms with Gasteiger partial charge in [0.25, 0.3) is 5.91 Å². The van der Waals surface area contributed by atoms with Gasteiger partial charge in [0.15, 0.2) is 0 Å². The Morgan fingerprint density at radius 1 is 1.21 bits per heavy atom. The summed E-state index contributed by atoms with van der Waals surface area (Å²) in [6.07, 6.45) is 1.90. The van der Waals surface area contributed by atoms with Crippen LogP contribution in [0.5, 0.6) is 0 Å². The van der Waals surface area contributed by atoms with Crippen molar-refractivity contribution in [3.05, 3.63) is 53.1 Å². The molecule has 9 heteroatoms. The van der Waals surface area contributed by atoms with Gasteiger partial charge in [0.2, 0.25) is 11.7 Å². The van der Waals surface area contributed by atoms with Crippen LogP contribution in [0.25, 0.3) is 11.4 Å². The summed E-state index contributed by atoms with van der Waals surface area (Å²) in [6, 6.07) is 13.0. The molecule has 2 heterocycles. The van der Waals surface area contributed by atoms with Crippen molar-refractivity contribution >= 4 is 34.8 Å². The normalized spacial score (nSPS) is 13.1. The topological polar surface area (TPSA) is 93.0 Å². The van der Waals surface area contributed by atoms with Gasteiger partial charge >= 0.3 is 0 Å². The lowest BCUT2D eigenvalue weighted by atomic mass is 10.0. The largest absolute Gasteiger partial charge is 0.325 e. The molecule has 1 aliphatic rings. The molecule has 4 rings (SSSR count). The molecule has 0 radical (unpaired) electrons. The first-order chi connectivity index (χ1) is 14.0. The fourth-order valence-corrected chi connectivity index (χ4v) is 3.60. The number of hydrogen-bond acceptors (Lipinski definition) is 5. The van der Waals surface area contributed by atoms with Crippen molar-refractivity contribution in [1.82, 2.24) is 20.2 Å². The Morgan fingerprint density at radius 2 is 2.03 bits per heavy atom. The Kier molecular flexibility index (Phi) is 5.26. The third-order valence-corrected chi connectivity index (χ3v) is 4.99. The summed E-state index contributed by atoms with van der Waals surface area (Å²) in [7, 11) is 0. The maximum atomic E-state index is 12.8. The highest BCUT2D eigenvalue weighted by atomic mass is 35.5. The van der Waals surface area contributed by atoms with Crippen molar-refractivity contribution in [2.45, 2.75) is 26.3 Å². The first-order valence-corrected chi connectivity index (χ1v) is 9.62. The van der Waals surface area contributed by atoms with Crippen molar-refractivity contribution in [1.29, 1.82) is 0 Å². The number of para-hydroxylation sites is 1. The first kappa shape index (κ1) is 19.1. The monoisotopic (exact) mass is 410 g/mol. The van der Waals surface area contributed by atoms with Crippen LogP contribution in [0.15, 0.2) is 42.5 Å². The quantitative estimate of drug-likeness (QED) is 0.713. The minimum atomic E-state index is -0.207. The number of anilines is 2. The molecule has 148 valence electrons. The highest BCUT2D eigenvalue weighted by Gasteiger charge is 2.23. The molecule has 8 nitrogen and oxygen atoms in total. The third kappa shape index (κ3) is 4.12. The van der Waals surface area contributed by atoms with E-state index in [0.29, 0.717) is 28.6 Å². The molecular weight excluding hydrogens is 392 g/mol. The second kappa shape index (κ2) is 8.00. The summed E-state index contributed by atoms with van der Waals surface area (Å²) in [6.45, 7) is 2.09. The highest BCUT2D eigenvalue weighted by molar-refractivity contribution is 6.34. The lowest BCUT2D eigenvalue weighted by Gasteiger charge is -2.29. The Morgan fingerprint density at radius 3 is 2.83 bits per heavy atom. The van der Waals surface area contributed by atoms with Crippen LogP contribution in [0.3, 0.4) is 0 Å². The van der Waals surface area contributed by atoms with Crippen molar-refractivity contribution in [3.63, 3.8) is 0 Å². The van der Waals surface area contributed by atoms with Crippen molar-refractivity contribution in [2.24, 2.45) is 0 Å². The van der Waals surface area contributed by atoms with Crippen LogP contribution < -0.4 is 10.2 Å². The van der Waals surface area contributed by atoms with E-state index < -0.39 is 0 Å². The maximum absolute atomic E-state index is 12.8. The number of nitrogens with one attached hydrogen (secondary N) is 1. The van der Waals surface area contributed by atoms with Crippen molar-refractivity contribution in [3.8, 4) is 11.4 Å². The van der Waals surface area contributed by atoms with Gasteiger partial charge in [-0.3, -0.25) is 9.59 Å². The molecule has 0 atom stereocenters. The van der Waals surface area contributed by atoms with Gasteiger partial charge < -0.3 is 10.2 Å². The highest BCUT2D eigenvalue weighted by Crippen LogP contribution is 2.28. The number of rotatable bonds is 4. The first-order valence-electron chi connectivity index (χ1n) is 9.25. The summed E-state index contributed by atoms with van der Waals surface area (Å²) >= 11 is 6.21. The van der Waals surface area contributed by atoms with Crippen LogP contribution in [0, 0.1) is 0 Å². The molecule has 0 saturated carbocycles. The van der Waals surface area contributed by atoms with Gasteiger partial charge in [-0.2, -0.15) is 4.80 Å². The van der Waals surface area contributed by atoms with E-state index in [-0.39, 0.29) is 18.4 Å². The number of tetrazole rings is 1. The molecule has 0 aliphatic carbocycles. The molecule has 29 heavy (non-hydrogen) atoms. The zero-order valence-corrected chi connectivity index (χ0v) is 16.6. The number of carbonyl (C=O) groups excluding carboxylic acids is 2. The molecule has 0 unspecified atom stereocenters. The summed E-state index contributed by atoms with van der Waals surface area (Å²) in [5.41, 5.74) is 3.28. The van der Waals surface area contributed by atoms with E-state index in [9.17, 15) is 9.59 Å². The molecule has 0 bridgehead atoms. The Labute approximate surface area is 172 Å². The molecule has 1 aliphatic heterocycles. The number of hydrogen-bond donors (Lipinski definition) is 1. The van der Waals surface area contributed by atoms with E-state index in [1.165, 1.54) is 17.3 Å². The predicted octanol–water partition coefficient (Wildman–Crippen LogP) is 2.93. The third-order valence-electron chi connectivity index (χ3n) is 4.68. The fraction of sp³-hybridized carbons (Fsp3) is 0.250. The molecular formula is C20H19ClN6O2. The molecule has 1 aromatic heterocycles. The van der Waals surface area contributed by atoms with E-state index in [2.05, 4.69) is 26.8 Å². The number of nitrogens with zero attached hydrogens (tertiary/aromatic N) is 5. The van der Waals surface area contributed by atoms with Gasteiger partial charge in [-0.25, -0.2) is 0 Å². The molecule has 0 fully saturated rings. The Hall–Kier alpha value is -3.26. The molecule has 3 aromatic rings. The van der Waals surface area contributed by atoms with E-state index in [1.807, 2.05) is 18.2 Å². The van der Waals surface area contributed by atoms with Crippen LogP contribution in [0.4, 0.5) is 11.4 Å². The lowest BCUT2D eigenvalue weighted by Crippen LogP contribution is -2.38. The minimum absolute atomic E-state index is 0.000950. The van der Waals surface area contributed by atoms with Gasteiger partial charge in [-0.05, 0) is 47.9 Å². The van der Waals surface area contributed by atoms with Gasteiger partial charge in [0, 0.05) is 24.7 Å². The van der Waals surface area contributed by atoms with Crippen molar-refractivity contribution in [2.75, 3.05) is 16.8 Å². The summed E-state index contributed by atoms with van der Waals surface area (Å²) in [4.78, 5) is 27.1. The smallest absolute Gasteiger partial charge is 0.250 e. The second-order valence-corrected chi connectivity index (χ2v) is 7.20. The summed E-state index contributed by atoms with van der Waals surface area (Å²) < 4.78 is 0. The molecule has 0 spiro atoms. The zero-order valence-electron chi connectivity index (χ0n) is 15.8. The molecule has 1 N–H and O–H groups in total. The molecule has 2 aromatic carbocycles. The van der Waals surface area contributed by atoms with E-state index in [1.54, 1.807) is 23.1 Å². The maximum Gasteiger partial charge on any atom is 0.250 e. The number of aromatic nitrogens is 4. The van der Waals surface area contributed by atoms with Gasteiger partial charge in [-0.15, -0.1) is 10.2 Å². The predicted molar refractivity (Wildman–Crippen MR) is 110 cm³/mol. The lowest BCUT2D eigenvalue weighted by molar-refractivity contribution is -0.119. The van der Waals surface area contributed by atoms with Gasteiger partial charge in [0.1, 0.15) is 6.54 Å². The van der Waals surface area contributed by atoms with E-state index in [0.717, 1.165) is 18.5 Å². The Bertz CT molecular complexity index is 1080. The van der Waals surface area contributed by atoms with Crippen molar-refractivity contribution < 1.29 is 9.59 Å². The number of aryl methyl sites for hydroxylation is 1. The number of fused-ring (bicyclic) bond motifs is 1. The van der Waals surface area contributed by atoms with Gasteiger partial charge in [-0.1, -0.05) is 29.8 Å². The number of amides is 2. The SMILES string of the molecule is CC(=O)Nc1ccc(-c2nnn(CC(=O)N3CCCc4ccccc43)n2)cc1Cl. The van der Waals surface area contributed by atoms with Crippen LogP contribution in [0.1, 0.15) is 18.9 Å². The molecule has 2 amide bonds.